The summed E-state index contributed by atoms with van der Waals surface area (Å²) in [6.07, 6.45) is 50.9. The van der Waals surface area contributed by atoms with Crippen LogP contribution in [0.15, 0.2) is 36.5 Å². The van der Waals surface area contributed by atoms with Crippen molar-refractivity contribution in [2.45, 2.75) is 370 Å². The van der Waals surface area contributed by atoms with E-state index in [0.29, 0.717) is 12.8 Å². The molecule has 0 aromatic carbocycles. The lowest BCUT2D eigenvalue weighted by molar-refractivity contribution is -0.359. The van der Waals surface area contributed by atoms with Gasteiger partial charge in [0.2, 0.25) is 5.91 Å². The van der Waals surface area contributed by atoms with Crippen molar-refractivity contribution in [3.8, 4) is 0 Å². The van der Waals surface area contributed by atoms with Gasteiger partial charge in [-0.05, 0) is 44.9 Å². The molecule has 12 unspecified atom stereocenters. The summed E-state index contributed by atoms with van der Waals surface area (Å²) in [7, 11) is 0. The van der Waals surface area contributed by atoms with Crippen LogP contribution in [0.5, 0.6) is 0 Å². The lowest BCUT2D eigenvalue weighted by Gasteiger charge is -2.46. The Bertz CT molecular complexity index is 1510. The maximum Gasteiger partial charge on any atom is 0.220 e. The van der Waals surface area contributed by atoms with E-state index >= 15 is 0 Å². The summed E-state index contributed by atoms with van der Waals surface area (Å²) >= 11 is 0. The number of hydrogen-bond donors (Lipinski definition) is 9. The molecular weight excluding hydrogens is 1040 g/mol. The van der Waals surface area contributed by atoms with Crippen molar-refractivity contribution < 1.29 is 64.6 Å². The number of nitrogens with one attached hydrogen (secondary N) is 1. The molecule has 2 fully saturated rings. The van der Waals surface area contributed by atoms with Gasteiger partial charge < -0.3 is 65.1 Å². The molecule has 0 spiro atoms. The summed E-state index contributed by atoms with van der Waals surface area (Å²) in [5, 5.41) is 87.1. The molecule has 0 aromatic rings. The highest BCUT2D eigenvalue weighted by molar-refractivity contribution is 5.76. The molecule has 82 heavy (non-hydrogen) atoms. The van der Waals surface area contributed by atoms with Crippen LogP contribution in [0.1, 0.15) is 296 Å². The summed E-state index contributed by atoms with van der Waals surface area (Å²) < 4.78 is 22.8. The molecule has 0 bridgehead atoms. The van der Waals surface area contributed by atoms with Crippen LogP contribution in [0.2, 0.25) is 0 Å². The molecule has 0 saturated carbocycles. The topological polar surface area (TPSA) is 228 Å². The van der Waals surface area contributed by atoms with E-state index in [1.165, 1.54) is 218 Å². The van der Waals surface area contributed by atoms with Crippen LogP contribution >= 0.6 is 0 Å². The molecule has 1 amide bonds. The number of carbonyl (C=O) groups is 1. The molecule has 14 heteroatoms. The summed E-state index contributed by atoms with van der Waals surface area (Å²) in [6.45, 7) is 2.78. The fraction of sp³-hybridized carbons (Fsp3) is 0.897. The molecule has 14 nitrogen and oxygen atoms in total. The maximum atomic E-state index is 13.3. The van der Waals surface area contributed by atoms with Crippen molar-refractivity contribution in [1.29, 1.82) is 0 Å². The quantitative estimate of drug-likeness (QED) is 0.0204. The van der Waals surface area contributed by atoms with Crippen LogP contribution in [0.4, 0.5) is 0 Å². The smallest absolute Gasteiger partial charge is 0.220 e. The molecule has 2 saturated heterocycles. The van der Waals surface area contributed by atoms with Crippen LogP contribution in [-0.2, 0) is 23.7 Å². The number of carbonyl (C=O) groups excluding carboxylic acids is 1. The minimum Gasteiger partial charge on any atom is -0.394 e. The number of allylic oxidation sites excluding steroid dienone is 5. The third-order valence-electron chi connectivity index (χ3n) is 16.8. The first-order valence-corrected chi connectivity index (χ1v) is 34.2. The second kappa shape index (κ2) is 53.4. The molecule has 9 N–H and O–H groups in total. The van der Waals surface area contributed by atoms with E-state index in [1.54, 1.807) is 6.08 Å². The molecule has 12 atom stereocenters. The molecule has 2 aliphatic heterocycles. The van der Waals surface area contributed by atoms with Gasteiger partial charge in [-0.15, -0.1) is 0 Å². The predicted octanol–water partition coefficient (Wildman–Crippen LogP) is 13.3. The van der Waals surface area contributed by atoms with Crippen LogP contribution in [0, 0.1) is 0 Å². The minimum absolute atomic E-state index is 0.249. The van der Waals surface area contributed by atoms with Gasteiger partial charge in [-0.1, -0.05) is 281 Å². The monoisotopic (exact) mass is 1170 g/mol. The van der Waals surface area contributed by atoms with Gasteiger partial charge in [0.25, 0.3) is 0 Å². The number of aliphatic hydroxyl groups excluding tert-OH is 8. The van der Waals surface area contributed by atoms with Crippen molar-refractivity contribution in [3.63, 3.8) is 0 Å². The number of amides is 1. The van der Waals surface area contributed by atoms with Crippen molar-refractivity contribution in [2.24, 2.45) is 0 Å². The Morgan fingerprint density at radius 1 is 0.427 bits per heavy atom. The summed E-state index contributed by atoms with van der Waals surface area (Å²) in [4.78, 5) is 13.3. The molecule has 482 valence electrons. The minimum atomic E-state index is -1.79. The third kappa shape index (κ3) is 37.7. The van der Waals surface area contributed by atoms with Crippen molar-refractivity contribution in [3.05, 3.63) is 36.5 Å². The van der Waals surface area contributed by atoms with E-state index < -0.39 is 86.8 Å². The van der Waals surface area contributed by atoms with E-state index in [4.69, 9.17) is 18.9 Å². The molecule has 0 radical (unpaired) electrons. The van der Waals surface area contributed by atoms with Gasteiger partial charge in [0.1, 0.15) is 48.8 Å². The van der Waals surface area contributed by atoms with Crippen molar-refractivity contribution in [2.75, 3.05) is 19.8 Å². The normalized spacial score (nSPS) is 24.1. The Hall–Kier alpha value is -1.79. The van der Waals surface area contributed by atoms with E-state index in [9.17, 15) is 45.6 Å². The Balaban J connectivity index is 1.61. The second-order valence-corrected chi connectivity index (χ2v) is 24.3. The average molecular weight is 1170 g/mol. The first-order chi connectivity index (χ1) is 40.1. The summed E-state index contributed by atoms with van der Waals surface area (Å²) in [5.74, 6) is -0.249. The fourth-order valence-electron chi connectivity index (χ4n) is 11.3. The standard InChI is InChI=1S/C68H127NO13/c1-3-5-7-9-11-13-15-17-19-20-21-22-23-24-25-26-27-28-29-30-31-32-33-34-35-36-37-38-40-42-44-46-48-50-52-60(73)69-56(57(72)51-49-47-45-43-41-39-18-16-14-12-10-8-6-4-2)55-79-67-65(78)63(76)66(59(54-71)81-67)82-68-64(77)62(75)61(74)58(53-70)80-68/h14,16,41,43,49,51,56-59,61-68,70-72,74-78H,3-13,15,17-40,42,44-48,50,52-55H2,1-2H3,(H,69,73)/b16-14+,43-41+,51-49+. The average Bonchev–Trinajstić information content (AvgIpc) is 3.63. The van der Waals surface area contributed by atoms with Crippen molar-refractivity contribution >= 4 is 5.91 Å². The molecule has 0 aliphatic carbocycles. The first-order valence-electron chi connectivity index (χ1n) is 34.2. The number of hydrogen-bond acceptors (Lipinski definition) is 13. The Labute approximate surface area is 500 Å². The van der Waals surface area contributed by atoms with E-state index in [-0.39, 0.29) is 18.9 Å². The van der Waals surface area contributed by atoms with E-state index in [0.717, 1.165) is 44.9 Å². The molecule has 2 rings (SSSR count). The van der Waals surface area contributed by atoms with Gasteiger partial charge in [-0.25, -0.2) is 0 Å². The Kier molecular flexibility index (Phi) is 49.7. The van der Waals surface area contributed by atoms with E-state index in [2.05, 4.69) is 43.5 Å². The number of ether oxygens (including phenoxy) is 4. The maximum absolute atomic E-state index is 13.3. The predicted molar refractivity (Wildman–Crippen MR) is 332 cm³/mol. The molecule has 2 heterocycles. The van der Waals surface area contributed by atoms with Gasteiger partial charge in [0.05, 0.1) is 32.0 Å². The third-order valence-corrected chi connectivity index (χ3v) is 16.8. The Morgan fingerprint density at radius 3 is 1.20 bits per heavy atom. The van der Waals surface area contributed by atoms with Gasteiger partial charge in [-0.2, -0.15) is 0 Å². The first kappa shape index (κ1) is 76.3. The summed E-state index contributed by atoms with van der Waals surface area (Å²) in [6, 6.07) is -0.935. The molecular formula is C68H127NO13. The van der Waals surface area contributed by atoms with Gasteiger partial charge in [0.15, 0.2) is 12.6 Å². The lowest BCUT2D eigenvalue weighted by Crippen LogP contribution is -2.65. The van der Waals surface area contributed by atoms with Gasteiger partial charge in [-0.3, -0.25) is 4.79 Å². The second-order valence-electron chi connectivity index (χ2n) is 24.3. The molecule has 0 aromatic heterocycles. The number of aliphatic hydroxyl groups is 8. The van der Waals surface area contributed by atoms with Gasteiger partial charge in [0, 0.05) is 6.42 Å². The number of rotatable bonds is 56. The highest BCUT2D eigenvalue weighted by Gasteiger charge is 2.51. The summed E-state index contributed by atoms with van der Waals surface area (Å²) in [5.41, 5.74) is 0. The van der Waals surface area contributed by atoms with Crippen LogP contribution in [0.3, 0.4) is 0 Å². The zero-order valence-electron chi connectivity index (χ0n) is 52.2. The highest BCUT2D eigenvalue weighted by atomic mass is 16.7. The van der Waals surface area contributed by atoms with Crippen LogP contribution in [0.25, 0.3) is 0 Å². The lowest BCUT2D eigenvalue weighted by atomic mass is 9.97. The van der Waals surface area contributed by atoms with Crippen LogP contribution in [-0.4, -0.2) is 140 Å². The highest BCUT2D eigenvalue weighted by Crippen LogP contribution is 2.30. The largest absolute Gasteiger partial charge is 0.394 e. The molecule has 2 aliphatic rings. The zero-order valence-corrected chi connectivity index (χ0v) is 52.2. The van der Waals surface area contributed by atoms with E-state index in [1.807, 2.05) is 6.08 Å². The Morgan fingerprint density at radius 2 is 0.780 bits per heavy atom. The van der Waals surface area contributed by atoms with Crippen LogP contribution < -0.4 is 5.32 Å². The zero-order chi connectivity index (χ0) is 59.5. The van der Waals surface area contributed by atoms with Gasteiger partial charge >= 0.3 is 0 Å². The number of unbranched alkanes of at least 4 members (excludes halogenated alkanes) is 39. The SMILES string of the molecule is CCCCCC/C=C/CC/C=C/CC/C=C/C(O)C(COC1OC(CO)C(OC2OC(CO)C(O)C(O)C2O)C(O)C1O)NC(=O)CCCCCCCCCCCCCCCCCCCCCCCCCCCCCCCCCCCC. The fourth-order valence-corrected chi connectivity index (χ4v) is 11.3. The van der Waals surface area contributed by atoms with Crippen molar-refractivity contribution in [1.82, 2.24) is 5.32 Å².